The van der Waals surface area contributed by atoms with Crippen LogP contribution < -0.4 is 11.1 Å². The monoisotopic (exact) mass is 197 g/mol. The highest BCUT2D eigenvalue weighted by Gasteiger charge is 2.09. The van der Waals surface area contributed by atoms with Gasteiger partial charge in [-0.2, -0.15) is 5.21 Å². The summed E-state index contributed by atoms with van der Waals surface area (Å²) in [6.07, 6.45) is 0.971. The predicted octanol–water partition coefficient (Wildman–Crippen LogP) is -0.425. The minimum Gasteiger partial charge on any atom is -0.370 e. The first-order valence-electron chi connectivity index (χ1n) is 4.53. The molecule has 4 N–H and O–H groups in total. The van der Waals surface area contributed by atoms with Crippen LogP contribution in [-0.2, 0) is 0 Å². The number of H-pyrrole nitrogens is 1. The number of nitrogens with two attached hydrogens (primary N) is 1. The molecule has 78 valence electrons. The second kappa shape index (κ2) is 5.15. The van der Waals surface area contributed by atoms with Gasteiger partial charge in [-0.25, -0.2) is 0 Å². The van der Waals surface area contributed by atoms with E-state index in [4.69, 9.17) is 5.73 Å². The molecule has 0 fully saturated rings. The molecule has 7 nitrogen and oxygen atoms in total. The third-order valence-corrected chi connectivity index (χ3v) is 1.62. The van der Waals surface area contributed by atoms with E-state index in [1.165, 1.54) is 0 Å². The number of aromatic nitrogens is 4. The maximum atomic E-state index is 5.62. The van der Waals surface area contributed by atoms with Crippen molar-refractivity contribution in [3.05, 3.63) is 5.82 Å². The molecule has 0 aliphatic heterocycles. The Morgan fingerprint density at radius 1 is 1.71 bits per heavy atom. The van der Waals surface area contributed by atoms with Gasteiger partial charge in [-0.05, 0) is 13.3 Å². The fourth-order valence-corrected chi connectivity index (χ4v) is 0.917. The second-order valence-electron chi connectivity index (χ2n) is 2.90. The third-order valence-electron chi connectivity index (χ3n) is 1.62. The van der Waals surface area contributed by atoms with Gasteiger partial charge in [0.05, 0.1) is 6.04 Å². The molecule has 1 heterocycles. The summed E-state index contributed by atoms with van der Waals surface area (Å²) in [5.41, 5.74) is 5.62. The van der Waals surface area contributed by atoms with Gasteiger partial charge < -0.3 is 11.1 Å². The van der Waals surface area contributed by atoms with E-state index in [0.717, 1.165) is 13.0 Å². The Morgan fingerprint density at radius 3 is 3.07 bits per heavy atom. The van der Waals surface area contributed by atoms with Gasteiger partial charge in [-0.3, -0.25) is 4.99 Å². The molecule has 1 aromatic heterocycles. The first kappa shape index (κ1) is 10.4. The van der Waals surface area contributed by atoms with Crippen molar-refractivity contribution in [2.45, 2.75) is 26.3 Å². The first-order chi connectivity index (χ1) is 6.74. The smallest absolute Gasteiger partial charge is 0.196 e. The van der Waals surface area contributed by atoms with E-state index >= 15 is 0 Å². The van der Waals surface area contributed by atoms with Gasteiger partial charge in [-0.1, -0.05) is 12.1 Å². The van der Waals surface area contributed by atoms with Crippen LogP contribution in [0.5, 0.6) is 0 Å². The topological polar surface area (TPSA) is 105 Å². The van der Waals surface area contributed by atoms with Crippen LogP contribution in [0.25, 0.3) is 0 Å². The number of hydrogen-bond donors (Lipinski definition) is 3. The molecule has 0 aliphatic rings. The van der Waals surface area contributed by atoms with E-state index < -0.39 is 0 Å². The fraction of sp³-hybridized carbons (Fsp3) is 0.714. The van der Waals surface area contributed by atoms with Crippen LogP contribution in [0.4, 0.5) is 0 Å². The molecular formula is C7H15N7. The van der Waals surface area contributed by atoms with Crippen LogP contribution >= 0.6 is 0 Å². The summed E-state index contributed by atoms with van der Waals surface area (Å²) < 4.78 is 0. The van der Waals surface area contributed by atoms with Crippen LogP contribution in [0.1, 0.15) is 32.1 Å². The molecule has 1 unspecified atom stereocenters. The van der Waals surface area contributed by atoms with Gasteiger partial charge in [0.1, 0.15) is 0 Å². The van der Waals surface area contributed by atoms with Crippen molar-refractivity contribution in [1.29, 1.82) is 0 Å². The fourth-order valence-electron chi connectivity index (χ4n) is 0.917. The number of aromatic amines is 1. The summed E-state index contributed by atoms with van der Waals surface area (Å²) in [5, 5.41) is 16.4. The van der Waals surface area contributed by atoms with Crippen molar-refractivity contribution in [1.82, 2.24) is 25.9 Å². The van der Waals surface area contributed by atoms with Gasteiger partial charge in [0.25, 0.3) is 0 Å². The Hall–Kier alpha value is -1.66. The summed E-state index contributed by atoms with van der Waals surface area (Å²) in [5.74, 6) is 0.976. The minimum absolute atomic E-state index is 0.0886. The van der Waals surface area contributed by atoms with Gasteiger partial charge in [0.15, 0.2) is 11.8 Å². The van der Waals surface area contributed by atoms with Crippen LogP contribution in [0, 0.1) is 0 Å². The van der Waals surface area contributed by atoms with Crippen molar-refractivity contribution < 1.29 is 0 Å². The Balaban J connectivity index is 2.44. The zero-order chi connectivity index (χ0) is 10.4. The molecule has 0 radical (unpaired) electrons. The molecule has 0 aromatic carbocycles. The maximum absolute atomic E-state index is 5.62. The van der Waals surface area contributed by atoms with Gasteiger partial charge in [0.2, 0.25) is 0 Å². The summed E-state index contributed by atoms with van der Waals surface area (Å²) in [4.78, 5) is 4.09. The van der Waals surface area contributed by atoms with Crippen LogP contribution in [0.3, 0.4) is 0 Å². The average Bonchev–Trinajstić information content (AvgIpc) is 2.67. The number of tetrazole rings is 1. The van der Waals surface area contributed by atoms with Crippen molar-refractivity contribution >= 4 is 5.96 Å². The van der Waals surface area contributed by atoms with E-state index in [1.807, 2.05) is 13.8 Å². The normalized spacial score (nSPS) is 14.0. The van der Waals surface area contributed by atoms with E-state index in [-0.39, 0.29) is 6.04 Å². The predicted molar refractivity (Wildman–Crippen MR) is 52.5 cm³/mol. The zero-order valence-electron chi connectivity index (χ0n) is 8.36. The number of nitrogens with zero attached hydrogens (tertiary/aromatic N) is 4. The lowest BCUT2D eigenvalue weighted by atomic mass is 10.3. The third kappa shape index (κ3) is 3.00. The number of aliphatic imine (C=N–C) groups is 1. The van der Waals surface area contributed by atoms with Crippen LogP contribution in [-0.4, -0.2) is 33.1 Å². The van der Waals surface area contributed by atoms with E-state index in [1.54, 1.807) is 0 Å². The molecule has 7 heteroatoms. The van der Waals surface area contributed by atoms with Gasteiger partial charge in [0, 0.05) is 6.54 Å². The lowest BCUT2D eigenvalue weighted by molar-refractivity contribution is 0.657. The SMILES string of the molecule is CCCN=C(N)NC(C)c1nn[nH]n1. The number of hydrogen-bond acceptors (Lipinski definition) is 4. The highest BCUT2D eigenvalue weighted by atomic mass is 15.5. The molecular weight excluding hydrogens is 182 g/mol. The standard InChI is InChI=1S/C7H15N7/c1-3-4-9-7(8)10-5(2)6-11-13-14-12-6/h5H,3-4H2,1-2H3,(H3,8,9,10)(H,11,12,13,14). The van der Waals surface area contributed by atoms with Crippen molar-refractivity contribution in [2.24, 2.45) is 10.7 Å². The van der Waals surface area contributed by atoms with Gasteiger partial charge >= 0.3 is 0 Å². The number of guanidine groups is 1. The first-order valence-corrected chi connectivity index (χ1v) is 4.53. The zero-order valence-corrected chi connectivity index (χ0v) is 8.36. The number of rotatable bonds is 4. The summed E-state index contributed by atoms with van der Waals surface area (Å²) in [7, 11) is 0. The van der Waals surface area contributed by atoms with Crippen LogP contribution in [0.2, 0.25) is 0 Å². The van der Waals surface area contributed by atoms with E-state index in [2.05, 4.69) is 30.9 Å². The maximum Gasteiger partial charge on any atom is 0.196 e. The molecule has 1 aromatic rings. The molecule has 1 atom stereocenters. The summed E-state index contributed by atoms with van der Waals surface area (Å²) >= 11 is 0. The number of nitrogens with one attached hydrogen (secondary N) is 2. The summed E-state index contributed by atoms with van der Waals surface area (Å²) in [6.45, 7) is 4.65. The molecule has 14 heavy (non-hydrogen) atoms. The highest BCUT2D eigenvalue weighted by molar-refractivity contribution is 5.78. The van der Waals surface area contributed by atoms with Crippen LogP contribution in [0.15, 0.2) is 4.99 Å². The Morgan fingerprint density at radius 2 is 2.50 bits per heavy atom. The Kier molecular flexibility index (Phi) is 3.84. The molecule has 0 saturated carbocycles. The van der Waals surface area contributed by atoms with Crippen molar-refractivity contribution in [3.63, 3.8) is 0 Å². The highest BCUT2D eigenvalue weighted by Crippen LogP contribution is 2.01. The Labute approximate surface area is 82.2 Å². The van der Waals surface area contributed by atoms with E-state index in [9.17, 15) is 0 Å². The molecule has 0 saturated heterocycles. The molecule has 0 amide bonds. The van der Waals surface area contributed by atoms with E-state index in [0.29, 0.717) is 11.8 Å². The van der Waals surface area contributed by atoms with Gasteiger partial charge in [-0.15, -0.1) is 10.2 Å². The molecule has 0 spiro atoms. The molecule has 1 rings (SSSR count). The second-order valence-corrected chi connectivity index (χ2v) is 2.90. The Bertz CT molecular complexity index is 278. The van der Waals surface area contributed by atoms with Crippen molar-refractivity contribution in [2.75, 3.05) is 6.54 Å². The lowest BCUT2D eigenvalue weighted by Gasteiger charge is -2.09. The molecule has 0 bridgehead atoms. The minimum atomic E-state index is -0.0886. The summed E-state index contributed by atoms with van der Waals surface area (Å²) in [6, 6.07) is -0.0886. The van der Waals surface area contributed by atoms with Crippen molar-refractivity contribution in [3.8, 4) is 0 Å². The molecule has 0 aliphatic carbocycles. The largest absolute Gasteiger partial charge is 0.370 e. The quantitative estimate of drug-likeness (QED) is 0.449. The lowest BCUT2D eigenvalue weighted by Crippen LogP contribution is -2.34. The average molecular weight is 197 g/mol.